The Morgan fingerprint density at radius 3 is 1.29 bits per heavy atom. The summed E-state index contributed by atoms with van der Waals surface area (Å²) in [5, 5.41) is 7.17. The van der Waals surface area contributed by atoms with Crippen LogP contribution in [-0.4, -0.2) is 39.4 Å². The Bertz CT molecular complexity index is 980. The van der Waals surface area contributed by atoms with Crippen LogP contribution >= 0.6 is 0 Å². The molecule has 56 heavy (non-hydrogen) atoms. The molecule has 326 valence electrons. The molecule has 4 N–H and O–H groups in total. The van der Waals surface area contributed by atoms with E-state index >= 15 is 0 Å². The highest BCUT2D eigenvalue weighted by Gasteiger charge is 2.08. The second-order valence-electron chi connectivity index (χ2n) is 16.5. The molecule has 1 aromatic rings. The maximum Gasteiger partial charge on any atom is 0.161 e. The molecule has 0 aliphatic rings. The zero-order valence-electron chi connectivity index (χ0n) is 37.5. The highest BCUT2D eigenvalue weighted by atomic mass is 16.5. The molecule has 0 aliphatic carbocycles. The first kappa shape index (κ1) is 52.2. The number of rotatable bonds is 45. The lowest BCUT2D eigenvalue weighted by Gasteiger charge is -2.15. The molecule has 0 radical (unpaired) electrons. The first-order chi connectivity index (χ1) is 27.8. The van der Waals surface area contributed by atoms with Crippen molar-refractivity contribution < 1.29 is 9.47 Å². The Labute approximate surface area is 349 Å². The first-order valence-corrected chi connectivity index (χ1v) is 24.6. The SMILES string of the molecule is CCCCCCCCC=CCCCCCCCCOc1ccc(CNCCCCNCCCCN)cc1OCCCCCCCCC=CCCCCCCCC. The van der Waals surface area contributed by atoms with E-state index in [2.05, 4.69) is 67.0 Å². The zero-order chi connectivity index (χ0) is 40.1. The van der Waals surface area contributed by atoms with Gasteiger partial charge in [0.15, 0.2) is 11.5 Å². The van der Waals surface area contributed by atoms with Gasteiger partial charge in [-0.25, -0.2) is 0 Å². The van der Waals surface area contributed by atoms with Gasteiger partial charge < -0.3 is 25.8 Å². The maximum atomic E-state index is 6.40. The van der Waals surface area contributed by atoms with Crippen LogP contribution in [0.25, 0.3) is 0 Å². The van der Waals surface area contributed by atoms with E-state index in [9.17, 15) is 0 Å². The lowest BCUT2D eigenvalue weighted by atomic mass is 10.1. The number of nitrogens with two attached hydrogens (primary N) is 1. The van der Waals surface area contributed by atoms with Crippen molar-refractivity contribution in [2.45, 2.75) is 226 Å². The quantitative estimate of drug-likeness (QED) is 0.0454. The molecule has 0 bridgehead atoms. The van der Waals surface area contributed by atoms with Crippen molar-refractivity contribution >= 4 is 0 Å². The van der Waals surface area contributed by atoms with Gasteiger partial charge in [0, 0.05) is 6.54 Å². The Balaban J connectivity index is 2.29. The molecule has 0 aromatic heterocycles. The number of allylic oxidation sites excluding steroid dienone is 4. The summed E-state index contributed by atoms with van der Waals surface area (Å²) in [5.74, 6) is 1.83. The van der Waals surface area contributed by atoms with Crippen molar-refractivity contribution in [2.24, 2.45) is 5.73 Å². The summed E-state index contributed by atoms with van der Waals surface area (Å²) in [6, 6.07) is 6.56. The van der Waals surface area contributed by atoms with Crippen LogP contribution in [0, 0.1) is 0 Å². The molecule has 0 unspecified atom stereocenters. The Morgan fingerprint density at radius 1 is 0.429 bits per heavy atom. The van der Waals surface area contributed by atoms with Gasteiger partial charge in [-0.2, -0.15) is 0 Å². The average Bonchev–Trinajstić information content (AvgIpc) is 3.21. The minimum Gasteiger partial charge on any atom is -0.490 e. The Morgan fingerprint density at radius 2 is 0.821 bits per heavy atom. The van der Waals surface area contributed by atoms with E-state index in [1.165, 1.54) is 192 Å². The van der Waals surface area contributed by atoms with Gasteiger partial charge in [0.05, 0.1) is 13.2 Å². The molecule has 0 spiro atoms. The largest absolute Gasteiger partial charge is 0.490 e. The molecule has 0 amide bonds. The van der Waals surface area contributed by atoms with Gasteiger partial charge >= 0.3 is 0 Å². The molecule has 5 heteroatoms. The fourth-order valence-electron chi connectivity index (χ4n) is 7.21. The van der Waals surface area contributed by atoms with E-state index in [-0.39, 0.29) is 0 Å². The number of ether oxygens (including phenoxy) is 2. The van der Waals surface area contributed by atoms with E-state index in [4.69, 9.17) is 15.2 Å². The number of unbranched alkanes of at least 4 members (excludes halogenated alkanes) is 26. The first-order valence-electron chi connectivity index (χ1n) is 24.6. The van der Waals surface area contributed by atoms with Crippen LogP contribution in [0.5, 0.6) is 11.5 Å². The second-order valence-corrected chi connectivity index (χ2v) is 16.5. The van der Waals surface area contributed by atoms with Crippen molar-refractivity contribution in [1.29, 1.82) is 0 Å². The highest BCUT2D eigenvalue weighted by Crippen LogP contribution is 2.29. The summed E-state index contributed by atoms with van der Waals surface area (Å²) in [5.41, 5.74) is 6.86. The molecule has 0 heterocycles. The Kier molecular flexibility index (Phi) is 41.3. The van der Waals surface area contributed by atoms with Crippen LogP contribution < -0.4 is 25.8 Å². The number of hydrogen-bond acceptors (Lipinski definition) is 5. The lowest BCUT2D eigenvalue weighted by Crippen LogP contribution is -2.20. The van der Waals surface area contributed by atoms with E-state index in [1.807, 2.05) is 0 Å². The summed E-state index contributed by atoms with van der Waals surface area (Å²) >= 11 is 0. The fraction of sp³-hybridized carbons (Fsp3) is 0.804. The minimum absolute atomic E-state index is 0.765. The maximum absolute atomic E-state index is 6.40. The molecule has 0 atom stereocenters. The summed E-state index contributed by atoms with van der Waals surface area (Å²) in [6.07, 6.45) is 51.4. The van der Waals surface area contributed by atoms with E-state index < -0.39 is 0 Å². The van der Waals surface area contributed by atoms with Crippen LogP contribution in [-0.2, 0) is 6.54 Å². The molecular weight excluding hydrogens is 687 g/mol. The van der Waals surface area contributed by atoms with E-state index in [1.54, 1.807) is 0 Å². The predicted molar refractivity (Wildman–Crippen MR) is 248 cm³/mol. The van der Waals surface area contributed by atoms with Crippen LogP contribution in [0.3, 0.4) is 0 Å². The number of nitrogens with one attached hydrogen (secondary N) is 2. The molecule has 1 aromatic carbocycles. The van der Waals surface area contributed by atoms with Gasteiger partial charge in [0.25, 0.3) is 0 Å². The zero-order valence-corrected chi connectivity index (χ0v) is 37.5. The van der Waals surface area contributed by atoms with E-state index in [0.29, 0.717) is 0 Å². The van der Waals surface area contributed by atoms with Crippen molar-refractivity contribution in [1.82, 2.24) is 10.6 Å². The van der Waals surface area contributed by atoms with Crippen molar-refractivity contribution in [3.63, 3.8) is 0 Å². The van der Waals surface area contributed by atoms with Gasteiger partial charge in [-0.15, -0.1) is 0 Å². The van der Waals surface area contributed by atoms with Crippen molar-refractivity contribution in [3.8, 4) is 11.5 Å². The van der Waals surface area contributed by atoms with Crippen LogP contribution in [0.15, 0.2) is 42.5 Å². The normalized spacial score (nSPS) is 11.8. The fourth-order valence-corrected chi connectivity index (χ4v) is 7.21. The molecule has 0 aliphatic heterocycles. The standard InChI is InChI=1S/C51H95N3O2/c1-3-5-7-9-11-13-15-17-19-21-23-25-27-29-31-37-45-55-50-40-39-49(48-54-44-36-35-43-53-42-34-33-41-52)47-51(50)56-46-38-32-30-28-26-24-22-20-18-16-14-12-10-8-6-4-2/h17-20,39-40,47,53-54H,3-16,21-38,41-46,48,52H2,1-2H3. The van der Waals surface area contributed by atoms with Crippen molar-refractivity contribution in [2.75, 3.05) is 39.4 Å². The highest BCUT2D eigenvalue weighted by molar-refractivity contribution is 5.43. The van der Waals surface area contributed by atoms with Gasteiger partial charge in [0.1, 0.15) is 0 Å². The third-order valence-electron chi connectivity index (χ3n) is 10.9. The topological polar surface area (TPSA) is 68.5 Å². The molecule has 5 nitrogen and oxygen atoms in total. The molecular formula is C51H95N3O2. The van der Waals surface area contributed by atoms with Crippen molar-refractivity contribution in [3.05, 3.63) is 48.1 Å². The van der Waals surface area contributed by atoms with Crippen LogP contribution in [0.4, 0.5) is 0 Å². The third-order valence-corrected chi connectivity index (χ3v) is 10.9. The van der Waals surface area contributed by atoms with E-state index in [0.717, 1.165) is 76.7 Å². The third kappa shape index (κ3) is 36.5. The number of benzene rings is 1. The molecule has 0 saturated heterocycles. The van der Waals surface area contributed by atoms with Gasteiger partial charge in [-0.1, -0.05) is 160 Å². The monoisotopic (exact) mass is 782 g/mol. The average molecular weight is 782 g/mol. The molecule has 0 fully saturated rings. The van der Waals surface area contributed by atoms with Gasteiger partial charge in [-0.3, -0.25) is 0 Å². The summed E-state index contributed by atoms with van der Waals surface area (Å²) in [6.45, 7) is 11.0. The summed E-state index contributed by atoms with van der Waals surface area (Å²) in [4.78, 5) is 0. The predicted octanol–water partition coefficient (Wildman–Crippen LogP) is 14.7. The molecule has 0 saturated carbocycles. The Hall–Kier alpha value is -1.82. The number of hydrogen-bond donors (Lipinski definition) is 3. The summed E-state index contributed by atoms with van der Waals surface area (Å²) < 4.78 is 12.7. The van der Waals surface area contributed by atoms with Crippen LogP contribution in [0.2, 0.25) is 0 Å². The van der Waals surface area contributed by atoms with Crippen LogP contribution in [0.1, 0.15) is 225 Å². The smallest absolute Gasteiger partial charge is 0.161 e. The lowest BCUT2D eigenvalue weighted by molar-refractivity contribution is 0.258. The van der Waals surface area contributed by atoms with Gasteiger partial charge in [-0.05, 0) is 134 Å². The van der Waals surface area contributed by atoms with Gasteiger partial charge in [0.2, 0.25) is 0 Å². The minimum atomic E-state index is 0.765. The molecule has 1 rings (SSSR count). The summed E-state index contributed by atoms with van der Waals surface area (Å²) in [7, 11) is 0. The second kappa shape index (κ2) is 44.3.